The van der Waals surface area contributed by atoms with Crippen LogP contribution in [0.3, 0.4) is 0 Å². The van der Waals surface area contributed by atoms with Gasteiger partial charge in [0, 0.05) is 11.6 Å². The molecule has 16 heavy (non-hydrogen) atoms. The van der Waals surface area contributed by atoms with Crippen LogP contribution in [0.4, 0.5) is 0 Å². The Morgan fingerprint density at radius 3 is 2.62 bits per heavy atom. The van der Waals surface area contributed by atoms with Crippen LogP contribution in [0.5, 0.6) is 0 Å². The maximum atomic E-state index is 11.4. The van der Waals surface area contributed by atoms with Gasteiger partial charge in [-0.25, -0.2) is 0 Å². The van der Waals surface area contributed by atoms with Gasteiger partial charge in [0.05, 0.1) is 6.61 Å². The molecule has 0 saturated carbocycles. The second-order valence-corrected chi connectivity index (χ2v) is 4.76. The molecule has 0 bridgehead atoms. The summed E-state index contributed by atoms with van der Waals surface area (Å²) in [6, 6.07) is 0.219. The Labute approximate surface area is 98.9 Å². The highest BCUT2D eigenvalue weighted by Crippen LogP contribution is 2.04. The summed E-state index contributed by atoms with van der Waals surface area (Å²) < 4.78 is 5.29. The Bertz CT molecular complexity index is 205. The topological polar surface area (TPSA) is 64.3 Å². The zero-order valence-corrected chi connectivity index (χ0v) is 11.0. The number of rotatable bonds is 8. The molecule has 0 heterocycles. The monoisotopic (exact) mass is 230 g/mol. The lowest BCUT2D eigenvalue weighted by Gasteiger charge is -2.22. The number of nitrogens with two attached hydrogens (primary N) is 1. The van der Waals surface area contributed by atoms with Crippen molar-refractivity contribution < 1.29 is 9.53 Å². The van der Waals surface area contributed by atoms with E-state index in [9.17, 15) is 4.79 Å². The SMILES string of the molecule is CCCC(C)NC(=O)COCC(C)(N)CC. The summed E-state index contributed by atoms with van der Waals surface area (Å²) in [6.07, 6.45) is 2.90. The Morgan fingerprint density at radius 2 is 2.12 bits per heavy atom. The number of nitrogens with one attached hydrogen (secondary N) is 1. The van der Waals surface area contributed by atoms with Crippen LogP contribution in [0.2, 0.25) is 0 Å². The van der Waals surface area contributed by atoms with Gasteiger partial charge in [-0.3, -0.25) is 4.79 Å². The fourth-order valence-electron chi connectivity index (χ4n) is 1.30. The van der Waals surface area contributed by atoms with E-state index in [-0.39, 0.29) is 24.1 Å². The highest BCUT2D eigenvalue weighted by molar-refractivity contribution is 5.77. The van der Waals surface area contributed by atoms with E-state index in [0.29, 0.717) is 6.61 Å². The van der Waals surface area contributed by atoms with Gasteiger partial charge in [0.2, 0.25) is 5.91 Å². The van der Waals surface area contributed by atoms with Gasteiger partial charge in [-0.15, -0.1) is 0 Å². The normalized spacial score (nSPS) is 16.6. The average Bonchev–Trinajstić information content (AvgIpc) is 2.17. The first kappa shape index (κ1) is 15.4. The smallest absolute Gasteiger partial charge is 0.246 e. The highest BCUT2D eigenvalue weighted by Gasteiger charge is 2.16. The van der Waals surface area contributed by atoms with Crippen LogP contribution in [0.25, 0.3) is 0 Å². The van der Waals surface area contributed by atoms with Gasteiger partial charge in [-0.2, -0.15) is 0 Å². The summed E-state index contributed by atoms with van der Waals surface area (Å²) >= 11 is 0. The van der Waals surface area contributed by atoms with Gasteiger partial charge in [0.15, 0.2) is 0 Å². The van der Waals surface area contributed by atoms with Crippen LogP contribution in [0.1, 0.15) is 47.0 Å². The molecule has 0 spiro atoms. The van der Waals surface area contributed by atoms with E-state index in [1.165, 1.54) is 0 Å². The molecule has 1 amide bonds. The quantitative estimate of drug-likeness (QED) is 0.663. The number of ether oxygens (including phenoxy) is 1. The first-order chi connectivity index (χ1) is 7.41. The minimum Gasteiger partial charge on any atom is -0.370 e. The van der Waals surface area contributed by atoms with Crippen molar-refractivity contribution in [2.75, 3.05) is 13.2 Å². The molecule has 0 aromatic carbocycles. The molecule has 0 rings (SSSR count). The molecule has 0 aliphatic carbocycles. The van der Waals surface area contributed by atoms with E-state index in [1.54, 1.807) is 0 Å². The summed E-state index contributed by atoms with van der Waals surface area (Å²) in [4.78, 5) is 11.4. The van der Waals surface area contributed by atoms with E-state index in [1.807, 2.05) is 20.8 Å². The largest absolute Gasteiger partial charge is 0.370 e. The lowest BCUT2D eigenvalue weighted by Crippen LogP contribution is -2.42. The van der Waals surface area contributed by atoms with Crippen LogP contribution in [0, 0.1) is 0 Å². The molecule has 0 aromatic heterocycles. The molecule has 2 unspecified atom stereocenters. The summed E-state index contributed by atoms with van der Waals surface area (Å²) in [5, 5.41) is 2.88. The third-order valence-electron chi connectivity index (χ3n) is 2.60. The Kier molecular flexibility index (Phi) is 7.34. The molecule has 0 saturated heterocycles. The third kappa shape index (κ3) is 7.65. The number of amides is 1. The van der Waals surface area contributed by atoms with E-state index in [0.717, 1.165) is 19.3 Å². The van der Waals surface area contributed by atoms with Crippen molar-refractivity contribution in [2.45, 2.75) is 58.5 Å². The predicted octanol–water partition coefficient (Wildman–Crippen LogP) is 1.44. The molecule has 3 N–H and O–H groups in total. The molecule has 0 aliphatic heterocycles. The van der Waals surface area contributed by atoms with Crippen LogP contribution < -0.4 is 11.1 Å². The first-order valence-electron chi connectivity index (χ1n) is 6.07. The zero-order valence-electron chi connectivity index (χ0n) is 11.0. The van der Waals surface area contributed by atoms with Crippen LogP contribution >= 0.6 is 0 Å². The number of carbonyl (C=O) groups is 1. The van der Waals surface area contributed by atoms with Crippen molar-refractivity contribution in [3.05, 3.63) is 0 Å². The highest BCUT2D eigenvalue weighted by atomic mass is 16.5. The lowest BCUT2D eigenvalue weighted by atomic mass is 10.0. The average molecular weight is 230 g/mol. The van der Waals surface area contributed by atoms with Crippen LogP contribution in [0.15, 0.2) is 0 Å². The lowest BCUT2D eigenvalue weighted by molar-refractivity contribution is -0.126. The van der Waals surface area contributed by atoms with Crippen molar-refractivity contribution in [2.24, 2.45) is 5.73 Å². The number of hydrogen-bond donors (Lipinski definition) is 2. The van der Waals surface area contributed by atoms with E-state index >= 15 is 0 Å². The molecule has 0 aromatic rings. The van der Waals surface area contributed by atoms with E-state index in [4.69, 9.17) is 10.5 Å². The van der Waals surface area contributed by atoms with Gasteiger partial charge in [-0.05, 0) is 26.7 Å². The van der Waals surface area contributed by atoms with Crippen molar-refractivity contribution >= 4 is 5.91 Å². The van der Waals surface area contributed by atoms with Crippen molar-refractivity contribution in [1.82, 2.24) is 5.32 Å². The molecule has 0 aliphatic rings. The summed E-state index contributed by atoms with van der Waals surface area (Å²) in [5.74, 6) is -0.0622. The molecule has 0 fully saturated rings. The number of carbonyl (C=O) groups excluding carboxylic acids is 1. The number of hydrogen-bond acceptors (Lipinski definition) is 3. The van der Waals surface area contributed by atoms with Gasteiger partial charge in [0.1, 0.15) is 6.61 Å². The summed E-state index contributed by atoms with van der Waals surface area (Å²) in [7, 11) is 0. The zero-order chi connectivity index (χ0) is 12.6. The molecule has 0 radical (unpaired) electrons. The van der Waals surface area contributed by atoms with Gasteiger partial charge in [-0.1, -0.05) is 20.3 Å². The van der Waals surface area contributed by atoms with Crippen LogP contribution in [-0.2, 0) is 9.53 Å². The third-order valence-corrected chi connectivity index (χ3v) is 2.60. The molecule has 96 valence electrons. The molecule has 4 nitrogen and oxygen atoms in total. The molecular formula is C12H26N2O2. The minimum absolute atomic E-state index is 0.0622. The fourth-order valence-corrected chi connectivity index (χ4v) is 1.30. The van der Waals surface area contributed by atoms with Crippen molar-refractivity contribution in [3.63, 3.8) is 0 Å². The molecule has 2 atom stereocenters. The van der Waals surface area contributed by atoms with Crippen molar-refractivity contribution in [3.8, 4) is 0 Å². The minimum atomic E-state index is -0.338. The Balaban J connectivity index is 3.66. The first-order valence-corrected chi connectivity index (χ1v) is 6.07. The summed E-state index contributed by atoms with van der Waals surface area (Å²) in [6.45, 7) is 8.54. The Hall–Kier alpha value is -0.610. The fraction of sp³-hybridized carbons (Fsp3) is 0.917. The van der Waals surface area contributed by atoms with E-state index in [2.05, 4.69) is 12.2 Å². The standard InChI is InChI=1S/C12H26N2O2/c1-5-7-10(3)14-11(15)8-16-9-12(4,13)6-2/h10H,5-9,13H2,1-4H3,(H,14,15). The predicted molar refractivity (Wildman–Crippen MR) is 66.2 cm³/mol. The van der Waals surface area contributed by atoms with E-state index < -0.39 is 0 Å². The van der Waals surface area contributed by atoms with Crippen molar-refractivity contribution in [1.29, 1.82) is 0 Å². The van der Waals surface area contributed by atoms with Gasteiger partial charge >= 0.3 is 0 Å². The summed E-state index contributed by atoms with van der Waals surface area (Å²) in [5.41, 5.74) is 5.56. The maximum absolute atomic E-state index is 11.4. The second kappa shape index (κ2) is 7.63. The molecule has 4 heteroatoms. The van der Waals surface area contributed by atoms with Gasteiger partial charge in [0.25, 0.3) is 0 Å². The van der Waals surface area contributed by atoms with Crippen LogP contribution in [-0.4, -0.2) is 30.7 Å². The second-order valence-electron chi connectivity index (χ2n) is 4.76. The van der Waals surface area contributed by atoms with Gasteiger partial charge < -0.3 is 15.8 Å². The molecular weight excluding hydrogens is 204 g/mol. The maximum Gasteiger partial charge on any atom is 0.246 e. The Morgan fingerprint density at radius 1 is 1.50 bits per heavy atom.